The summed E-state index contributed by atoms with van der Waals surface area (Å²) < 4.78 is 34.7. The molecule has 0 saturated carbocycles. The number of morpholine rings is 1. The van der Waals surface area contributed by atoms with E-state index in [1.165, 1.54) is 17.1 Å². The number of para-hydroxylation sites is 1. The molecule has 0 N–H and O–H groups in total. The Bertz CT molecular complexity index is 679. The van der Waals surface area contributed by atoms with Gasteiger partial charge in [-0.2, -0.15) is 17.0 Å². The average Bonchev–Trinajstić information content (AvgIpc) is 3.08. The SMILES string of the molecule is C[C@H]1CN(S(=O)(=O)N(C)Cc2ccccc2N2CCCC2)C[C@H](C)O1. The first-order valence-corrected chi connectivity index (χ1v) is 10.5. The second-order valence-electron chi connectivity index (χ2n) is 7.16. The summed E-state index contributed by atoms with van der Waals surface area (Å²) in [6.45, 7) is 7.13. The van der Waals surface area contributed by atoms with Crippen LogP contribution < -0.4 is 4.90 Å². The Morgan fingerprint density at radius 2 is 1.72 bits per heavy atom. The number of nitrogens with zero attached hydrogens (tertiary/aromatic N) is 3. The second-order valence-corrected chi connectivity index (χ2v) is 9.20. The van der Waals surface area contributed by atoms with E-state index >= 15 is 0 Å². The molecule has 0 spiro atoms. The van der Waals surface area contributed by atoms with Crippen molar-refractivity contribution in [3.8, 4) is 0 Å². The number of hydrogen-bond donors (Lipinski definition) is 0. The van der Waals surface area contributed by atoms with Gasteiger partial charge in [0.25, 0.3) is 10.2 Å². The van der Waals surface area contributed by atoms with Gasteiger partial charge in [0.15, 0.2) is 0 Å². The summed E-state index contributed by atoms with van der Waals surface area (Å²) in [5.41, 5.74) is 2.22. The van der Waals surface area contributed by atoms with Crippen molar-refractivity contribution in [3.05, 3.63) is 29.8 Å². The van der Waals surface area contributed by atoms with Gasteiger partial charge in [0.2, 0.25) is 0 Å². The normalized spacial score (nSPS) is 25.7. The molecule has 1 aromatic carbocycles. The van der Waals surface area contributed by atoms with Crippen LogP contribution in [0.1, 0.15) is 32.3 Å². The number of ether oxygens (including phenoxy) is 1. The number of anilines is 1. The molecule has 0 aromatic heterocycles. The maximum Gasteiger partial charge on any atom is 0.282 e. The Morgan fingerprint density at radius 3 is 2.36 bits per heavy atom. The summed E-state index contributed by atoms with van der Waals surface area (Å²) in [5.74, 6) is 0. The lowest BCUT2D eigenvalue weighted by Crippen LogP contribution is -2.52. The highest BCUT2D eigenvalue weighted by atomic mass is 32.2. The zero-order valence-corrected chi connectivity index (χ0v) is 16.2. The van der Waals surface area contributed by atoms with E-state index in [2.05, 4.69) is 11.0 Å². The molecule has 2 saturated heterocycles. The van der Waals surface area contributed by atoms with Crippen LogP contribution in [0.4, 0.5) is 5.69 Å². The fraction of sp³-hybridized carbons (Fsp3) is 0.667. The summed E-state index contributed by atoms with van der Waals surface area (Å²) in [6, 6.07) is 8.13. The standard InChI is InChI=1S/C18H29N3O3S/c1-15-12-21(13-16(2)24-15)25(22,23)19(3)14-17-8-4-5-9-18(17)20-10-6-7-11-20/h4-5,8-9,15-16H,6-7,10-14H2,1-3H3/t15-,16-/m0/s1. The number of benzene rings is 1. The maximum absolute atomic E-state index is 13.0. The Kier molecular flexibility index (Phi) is 5.68. The van der Waals surface area contributed by atoms with Gasteiger partial charge in [-0.1, -0.05) is 18.2 Å². The van der Waals surface area contributed by atoms with Crippen LogP contribution in [-0.4, -0.2) is 62.5 Å². The molecule has 3 rings (SSSR count). The van der Waals surface area contributed by atoms with E-state index in [-0.39, 0.29) is 12.2 Å². The predicted octanol–water partition coefficient (Wildman–Crippen LogP) is 2.07. The molecule has 0 amide bonds. The fourth-order valence-electron chi connectivity index (χ4n) is 3.75. The summed E-state index contributed by atoms with van der Waals surface area (Å²) >= 11 is 0. The van der Waals surface area contributed by atoms with Crippen LogP contribution in [0.15, 0.2) is 24.3 Å². The number of rotatable bonds is 5. The smallest absolute Gasteiger partial charge is 0.282 e. The molecule has 0 bridgehead atoms. The van der Waals surface area contributed by atoms with E-state index in [1.807, 2.05) is 32.0 Å². The molecule has 7 heteroatoms. The molecule has 1 aromatic rings. The second kappa shape index (κ2) is 7.61. The van der Waals surface area contributed by atoms with Crippen molar-refractivity contribution < 1.29 is 13.2 Å². The first kappa shape index (κ1) is 18.6. The average molecular weight is 368 g/mol. The molecule has 2 heterocycles. The van der Waals surface area contributed by atoms with Gasteiger partial charge in [-0.05, 0) is 38.3 Å². The molecule has 0 aliphatic carbocycles. The van der Waals surface area contributed by atoms with E-state index in [0.29, 0.717) is 19.6 Å². The van der Waals surface area contributed by atoms with Crippen LogP contribution in [0.5, 0.6) is 0 Å². The maximum atomic E-state index is 13.0. The number of hydrogen-bond acceptors (Lipinski definition) is 4. The molecular weight excluding hydrogens is 338 g/mol. The largest absolute Gasteiger partial charge is 0.373 e. The van der Waals surface area contributed by atoms with Gasteiger partial charge >= 0.3 is 0 Å². The third-order valence-corrected chi connectivity index (χ3v) is 6.81. The van der Waals surface area contributed by atoms with Crippen LogP contribution in [0.25, 0.3) is 0 Å². The molecule has 0 radical (unpaired) electrons. The Labute approximate surface area is 151 Å². The minimum atomic E-state index is -3.50. The van der Waals surface area contributed by atoms with Crippen molar-refractivity contribution >= 4 is 15.9 Å². The third-order valence-electron chi connectivity index (χ3n) is 4.94. The summed E-state index contributed by atoms with van der Waals surface area (Å²) in [4.78, 5) is 2.36. The van der Waals surface area contributed by atoms with Crippen molar-refractivity contribution in [3.63, 3.8) is 0 Å². The molecule has 2 atom stereocenters. The van der Waals surface area contributed by atoms with Gasteiger partial charge in [0.1, 0.15) is 0 Å². The van der Waals surface area contributed by atoms with Gasteiger partial charge in [0.05, 0.1) is 12.2 Å². The molecule has 2 fully saturated rings. The van der Waals surface area contributed by atoms with E-state index in [4.69, 9.17) is 4.74 Å². The summed E-state index contributed by atoms with van der Waals surface area (Å²) in [6.07, 6.45) is 2.24. The van der Waals surface area contributed by atoms with E-state index in [0.717, 1.165) is 24.3 Å². The summed E-state index contributed by atoms with van der Waals surface area (Å²) in [5, 5.41) is 0. The molecule has 2 aliphatic heterocycles. The van der Waals surface area contributed by atoms with Crippen LogP contribution in [-0.2, 0) is 21.5 Å². The Hall–Kier alpha value is -1.15. The van der Waals surface area contributed by atoms with Gasteiger partial charge in [-0.25, -0.2) is 0 Å². The van der Waals surface area contributed by atoms with Crippen LogP contribution in [0.3, 0.4) is 0 Å². The Morgan fingerprint density at radius 1 is 1.12 bits per heavy atom. The molecular formula is C18H29N3O3S. The van der Waals surface area contributed by atoms with Gasteiger partial charge < -0.3 is 9.64 Å². The summed E-state index contributed by atoms with van der Waals surface area (Å²) in [7, 11) is -1.83. The fourth-order valence-corrected chi connectivity index (χ4v) is 5.24. The van der Waals surface area contributed by atoms with E-state index < -0.39 is 10.2 Å². The highest BCUT2D eigenvalue weighted by Gasteiger charge is 2.34. The quantitative estimate of drug-likeness (QED) is 0.799. The lowest BCUT2D eigenvalue weighted by atomic mass is 10.1. The van der Waals surface area contributed by atoms with Crippen molar-refractivity contribution in [1.29, 1.82) is 0 Å². The topological polar surface area (TPSA) is 53.1 Å². The predicted molar refractivity (Wildman–Crippen MR) is 99.9 cm³/mol. The molecule has 6 nitrogen and oxygen atoms in total. The zero-order chi connectivity index (χ0) is 18.0. The molecule has 2 aliphatic rings. The van der Waals surface area contributed by atoms with Crippen LogP contribution >= 0.6 is 0 Å². The van der Waals surface area contributed by atoms with Crippen molar-refractivity contribution in [2.75, 3.05) is 38.1 Å². The van der Waals surface area contributed by atoms with Crippen molar-refractivity contribution in [2.45, 2.75) is 45.4 Å². The highest BCUT2D eigenvalue weighted by molar-refractivity contribution is 7.86. The minimum absolute atomic E-state index is 0.0798. The van der Waals surface area contributed by atoms with Gasteiger partial charge in [-0.15, -0.1) is 0 Å². The first-order valence-electron chi connectivity index (χ1n) is 9.07. The molecule has 25 heavy (non-hydrogen) atoms. The lowest BCUT2D eigenvalue weighted by Gasteiger charge is -2.36. The molecule has 140 valence electrons. The van der Waals surface area contributed by atoms with Crippen LogP contribution in [0.2, 0.25) is 0 Å². The minimum Gasteiger partial charge on any atom is -0.373 e. The third kappa shape index (κ3) is 4.16. The van der Waals surface area contributed by atoms with Crippen molar-refractivity contribution in [1.82, 2.24) is 8.61 Å². The van der Waals surface area contributed by atoms with Gasteiger partial charge in [0, 0.05) is 45.5 Å². The van der Waals surface area contributed by atoms with Crippen LogP contribution in [0, 0.1) is 0 Å². The zero-order valence-electron chi connectivity index (χ0n) is 15.4. The highest BCUT2D eigenvalue weighted by Crippen LogP contribution is 2.27. The lowest BCUT2D eigenvalue weighted by molar-refractivity contribution is -0.0453. The van der Waals surface area contributed by atoms with Gasteiger partial charge in [-0.3, -0.25) is 0 Å². The Balaban J connectivity index is 1.76. The molecule has 0 unspecified atom stereocenters. The first-order chi connectivity index (χ1) is 11.9. The van der Waals surface area contributed by atoms with E-state index in [1.54, 1.807) is 11.4 Å². The van der Waals surface area contributed by atoms with Crippen molar-refractivity contribution in [2.24, 2.45) is 0 Å². The monoisotopic (exact) mass is 367 g/mol. The van der Waals surface area contributed by atoms with E-state index in [9.17, 15) is 8.42 Å².